The molecule has 0 fully saturated rings. The van der Waals surface area contributed by atoms with Crippen LogP contribution in [0.3, 0.4) is 0 Å². The Balaban J connectivity index is 1.57. The van der Waals surface area contributed by atoms with E-state index in [-0.39, 0.29) is 24.6 Å². The first-order chi connectivity index (χ1) is 15.5. The number of hydrogen-bond donors (Lipinski definition) is 2. The first-order valence-electron chi connectivity index (χ1n) is 10.1. The highest BCUT2D eigenvalue weighted by atomic mass is 32.1. The molecule has 2 N–H and O–H groups in total. The van der Waals surface area contributed by atoms with Crippen molar-refractivity contribution in [1.29, 1.82) is 0 Å². The van der Waals surface area contributed by atoms with Crippen LogP contribution in [0.2, 0.25) is 0 Å². The van der Waals surface area contributed by atoms with Gasteiger partial charge in [-0.1, -0.05) is 12.1 Å². The highest BCUT2D eigenvalue weighted by Gasteiger charge is 2.18. The summed E-state index contributed by atoms with van der Waals surface area (Å²) in [6, 6.07) is 14.4. The minimum absolute atomic E-state index is 0.00233. The zero-order valence-corrected chi connectivity index (χ0v) is 18.5. The third-order valence-electron chi connectivity index (χ3n) is 5.14. The fraction of sp³-hybridized carbons (Fsp3) is 0.227. The Bertz CT molecular complexity index is 1370. The largest absolute Gasteiger partial charge is 0.497 e. The topological polar surface area (TPSA) is 109 Å². The second-order valence-electron chi connectivity index (χ2n) is 7.10. The quantitative estimate of drug-likeness (QED) is 0.419. The maximum atomic E-state index is 13.1. The minimum atomic E-state index is -0.229. The fourth-order valence-electron chi connectivity index (χ4n) is 3.43. The molecule has 0 saturated heterocycles. The average molecular weight is 451 g/mol. The lowest BCUT2D eigenvalue weighted by molar-refractivity contribution is -0.132. The number of ether oxygens (including phenoxy) is 1. The predicted octanol–water partition coefficient (Wildman–Crippen LogP) is 2.90. The molecule has 0 radical (unpaired) electrons. The second kappa shape index (κ2) is 9.15. The van der Waals surface area contributed by atoms with Gasteiger partial charge < -0.3 is 14.6 Å². The average Bonchev–Trinajstić information content (AvgIpc) is 3.17. The lowest BCUT2D eigenvalue weighted by Crippen LogP contribution is -2.34. The summed E-state index contributed by atoms with van der Waals surface area (Å²) in [7, 11) is 1.60. The maximum absolute atomic E-state index is 13.1. The van der Waals surface area contributed by atoms with Crippen LogP contribution in [0.25, 0.3) is 22.3 Å². The molecule has 9 nitrogen and oxygen atoms in total. The van der Waals surface area contributed by atoms with Crippen LogP contribution in [0.1, 0.15) is 12.7 Å². The standard InChI is InChI=1S/C22H22N6O3S/c1-3-27(12-18-23-17-7-5-4-6-16(17)21(30)24-18)19(29)13-28-20(25-26-22(28)32)14-8-10-15(31-2)11-9-14/h4-11H,3,12-13H2,1-2H3,(H,26,32)(H,23,24,30). The number of nitrogens with zero attached hydrogens (tertiary/aromatic N) is 4. The fourth-order valence-corrected chi connectivity index (χ4v) is 3.62. The van der Waals surface area contributed by atoms with Gasteiger partial charge in [-0.2, -0.15) is 5.10 Å². The predicted molar refractivity (Wildman–Crippen MR) is 123 cm³/mol. The van der Waals surface area contributed by atoms with E-state index < -0.39 is 0 Å². The molecular weight excluding hydrogens is 428 g/mol. The Morgan fingerprint density at radius 2 is 1.94 bits per heavy atom. The third kappa shape index (κ3) is 4.30. The molecule has 0 aliphatic carbocycles. The van der Waals surface area contributed by atoms with Crippen molar-refractivity contribution in [2.45, 2.75) is 20.0 Å². The first-order valence-corrected chi connectivity index (χ1v) is 10.5. The number of nitrogens with one attached hydrogen (secondary N) is 2. The number of likely N-dealkylation sites (N-methyl/N-ethyl adjacent to an activating group) is 1. The van der Waals surface area contributed by atoms with Gasteiger partial charge in [0.25, 0.3) is 5.56 Å². The summed E-state index contributed by atoms with van der Waals surface area (Å²) in [6.45, 7) is 2.50. The van der Waals surface area contributed by atoms with Gasteiger partial charge in [0.1, 0.15) is 18.1 Å². The van der Waals surface area contributed by atoms with E-state index in [1.54, 1.807) is 34.8 Å². The summed E-state index contributed by atoms with van der Waals surface area (Å²) in [5, 5.41) is 7.56. The van der Waals surface area contributed by atoms with Crippen LogP contribution in [0, 0.1) is 4.77 Å². The van der Waals surface area contributed by atoms with Crippen LogP contribution in [-0.2, 0) is 17.9 Å². The van der Waals surface area contributed by atoms with Gasteiger partial charge in [-0.05, 0) is 55.5 Å². The zero-order valence-electron chi connectivity index (χ0n) is 17.7. The van der Waals surface area contributed by atoms with Crippen molar-refractivity contribution in [3.63, 3.8) is 0 Å². The summed E-state index contributed by atoms with van der Waals surface area (Å²) in [5.41, 5.74) is 1.16. The molecule has 0 spiro atoms. The summed E-state index contributed by atoms with van der Waals surface area (Å²) < 4.78 is 7.19. The van der Waals surface area contributed by atoms with Crippen molar-refractivity contribution >= 4 is 29.0 Å². The number of aromatic amines is 2. The van der Waals surface area contributed by atoms with E-state index in [1.165, 1.54) is 0 Å². The highest BCUT2D eigenvalue weighted by Crippen LogP contribution is 2.21. The minimum Gasteiger partial charge on any atom is -0.497 e. The van der Waals surface area contributed by atoms with Crippen molar-refractivity contribution in [3.8, 4) is 17.1 Å². The van der Waals surface area contributed by atoms with Gasteiger partial charge in [-0.25, -0.2) is 4.98 Å². The Kier molecular flexibility index (Phi) is 6.13. The molecule has 4 rings (SSSR count). The van der Waals surface area contributed by atoms with Crippen LogP contribution in [-0.4, -0.2) is 49.2 Å². The molecule has 0 bridgehead atoms. The molecule has 32 heavy (non-hydrogen) atoms. The van der Waals surface area contributed by atoms with E-state index in [0.29, 0.717) is 33.9 Å². The van der Waals surface area contributed by atoms with Crippen LogP contribution in [0.15, 0.2) is 53.3 Å². The number of hydrogen-bond acceptors (Lipinski definition) is 6. The Hall–Kier alpha value is -3.79. The number of carbonyl (C=O) groups excluding carboxylic acids is 1. The summed E-state index contributed by atoms with van der Waals surface area (Å²) in [4.78, 5) is 34.3. The van der Waals surface area contributed by atoms with Crippen molar-refractivity contribution in [2.75, 3.05) is 13.7 Å². The molecule has 0 unspecified atom stereocenters. The van der Waals surface area contributed by atoms with Gasteiger partial charge in [0.2, 0.25) is 5.91 Å². The smallest absolute Gasteiger partial charge is 0.258 e. The zero-order chi connectivity index (χ0) is 22.7. The van der Waals surface area contributed by atoms with Gasteiger partial charge >= 0.3 is 0 Å². The Labute approximate surface area is 188 Å². The Morgan fingerprint density at radius 3 is 2.66 bits per heavy atom. The highest BCUT2D eigenvalue weighted by molar-refractivity contribution is 7.71. The molecule has 164 valence electrons. The number of methoxy groups -OCH3 is 1. The molecule has 2 aromatic heterocycles. The number of aromatic nitrogens is 5. The molecule has 0 aliphatic heterocycles. The third-order valence-corrected chi connectivity index (χ3v) is 5.45. The maximum Gasteiger partial charge on any atom is 0.258 e. The molecule has 10 heteroatoms. The number of para-hydroxylation sites is 1. The Morgan fingerprint density at radius 1 is 1.19 bits per heavy atom. The number of H-pyrrole nitrogens is 2. The lowest BCUT2D eigenvalue weighted by Gasteiger charge is -2.21. The number of rotatable bonds is 7. The molecule has 1 amide bonds. The number of amides is 1. The van der Waals surface area contributed by atoms with Crippen molar-refractivity contribution in [3.05, 3.63) is 69.5 Å². The van der Waals surface area contributed by atoms with Gasteiger partial charge in [-0.3, -0.25) is 19.3 Å². The van der Waals surface area contributed by atoms with Crippen LogP contribution < -0.4 is 10.3 Å². The van der Waals surface area contributed by atoms with E-state index in [0.717, 1.165) is 11.3 Å². The molecule has 0 aliphatic rings. The van der Waals surface area contributed by atoms with Gasteiger partial charge in [0, 0.05) is 12.1 Å². The molecule has 4 aromatic rings. The number of carbonyl (C=O) groups is 1. The SMILES string of the molecule is CCN(Cc1nc2ccccc2c(=O)[nH]1)C(=O)Cn1c(-c2ccc(OC)cc2)n[nH]c1=S. The van der Waals surface area contributed by atoms with Crippen molar-refractivity contribution < 1.29 is 9.53 Å². The summed E-state index contributed by atoms with van der Waals surface area (Å²) >= 11 is 5.35. The molecule has 2 heterocycles. The first kappa shape index (κ1) is 21.4. The summed E-state index contributed by atoms with van der Waals surface area (Å²) in [6.07, 6.45) is 0. The second-order valence-corrected chi connectivity index (χ2v) is 7.49. The van der Waals surface area contributed by atoms with Gasteiger partial charge in [0.15, 0.2) is 10.6 Å². The molecular formula is C22H22N6O3S. The summed E-state index contributed by atoms with van der Waals surface area (Å²) in [5.74, 6) is 1.53. The molecule has 0 saturated carbocycles. The monoisotopic (exact) mass is 450 g/mol. The van der Waals surface area contributed by atoms with Crippen LogP contribution >= 0.6 is 12.2 Å². The van der Waals surface area contributed by atoms with Gasteiger partial charge in [-0.15, -0.1) is 0 Å². The van der Waals surface area contributed by atoms with Gasteiger partial charge in [0.05, 0.1) is 24.6 Å². The van der Waals surface area contributed by atoms with Crippen LogP contribution in [0.5, 0.6) is 5.75 Å². The van der Waals surface area contributed by atoms with Crippen molar-refractivity contribution in [2.24, 2.45) is 0 Å². The van der Waals surface area contributed by atoms with E-state index in [4.69, 9.17) is 17.0 Å². The lowest BCUT2D eigenvalue weighted by atomic mass is 10.2. The number of fused-ring (bicyclic) bond motifs is 1. The molecule has 2 aromatic carbocycles. The van der Waals surface area contributed by atoms with E-state index in [1.807, 2.05) is 37.3 Å². The number of benzene rings is 2. The molecule has 0 atom stereocenters. The van der Waals surface area contributed by atoms with E-state index in [2.05, 4.69) is 20.2 Å². The van der Waals surface area contributed by atoms with Crippen molar-refractivity contribution in [1.82, 2.24) is 29.6 Å². The van der Waals surface area contributed by atoms with E-state index in [9.17, 15) is 9.59 Å². The van der Waals surface area contributed by atoms with Crippen LogP contribution in [0.4, 0.5) is 0 Å². The van der Waals surface area contributed by atoms with E-state index >= 15 is 0 Å². The normalized spacial score (nSPS) is 10.9.